The van der Waals surface area contributed by atoms with Gasteiger partial charge in [-0.2, -0.15) is 16.5 Å². The second kappa shape index (κ2) is 11.7. The number of hydrogen-bond donors (Lipinski definition) is 4. The summed E-state index contributed by atoms with van der Waals surface area (Å²) in [5.74, 6) is 1.27. The van der Waals surface area contributed by atoms with Crippen LogP contribution in [0.4, 0.5) is 0 Å². The summed E-state index contributed by atoms with van der Waals surface area (Å²) in [5.41, 5.74) is 10.6. The zero-order valence-corrected chi connectivity index (χ0v) is 20.0. The van der Waals surface area contributed by atoms with Crippen molar-refractivity contribution >= 4 is 44.4 Å². The number of nitrogens with zero attached hydrogens (tertiary/aromatic N) is 2. The van der Waals surface area contributed by atoms with Crippen LogP contribution in [-0.2, 0) is 14.8 Å². The number of nitrogens with two attached hydrogens (primary N) is 2. The number of sulfonamides is 1. The van der Waals surface area contributed by atoms with Crippen molar-refractivity contribution in [3.63, 3.8) is 0 Å². The number of carbonyl (C=O) groups is 1. The zero-order chi connectivity index (χ0) is 23.8. The van der Waals surface area contributed by atoms with Gasteiger partial charge in [0, 0.05) is 24.9 Å². The molecule has 0 spiro atoms. The molecule has 1 aliphatic rings. The molecule has 0 unspecified atom stereocenters. The summed E-state index contributed by atoms with van der Waals surface area (Å²) in [4.78, 5) is 18.8. The topological polar surface area (TPSA) is 151 Å². The smallest absolute Gasteiger partial charge is 0.243 e. The first-order chi connectivity index (χ1) is 15.8. The summed E-state index contributed by atoms with van der Waals surface area (Å²) in [5, 5.41) is 11.5. The number of guanidine groups is 1. The SMILES string of the molecule is NC(N)=NCCCSC[C@@H]1CCCN1C(=O)[C@H](CO)NS(=O)(=O)c1ccc2ccccc2c1. The van der Waals surface area contributed by atoms with Gasteiger partial charge in [0.25, 0.3) is 0 Å². The summed E-state index contributed by atoms with van der Waals surface area (Å²) in [7, 11) is -3.98. The summed E-state index contributed by atoms with van der Waals surface area (Å²) in [6.07, 6.45) is 2.52. The van der Waals surface area contributed by atoms with Crippen LogP contribution < -0.4 is 16.2 Å². The number of carbonyl (C=O) groups excluding carboxylic acids is 1. The molecule has 1 amide bonds. The van der Waals surface area contributed by atoms with Crippen molar-refractivity contribution in [1.82, 2.24) is 9.62 Å². The van der Waals surface area contributed by atoms with Crippen LogP contribution in [0.3, 0.4) is 0 Å². The molecule has 1 heterocycles. The molecule has 11 heteroatoms. The van der Waals surface area contributed by atoms with E-state index in [0.29, 0.717) is 13.1 Å². The normalized spacial score (nSPS) is 17.2. The van der Waals surface area contributed by atoms with Gasteiger partial charge in [-0.15, -0.1) is 0 Å². The number of aliphatic hydroxyl groups excluding tert-OH is 1. The number of aliphatic hydroxyl groups is 1. The van der Waals surface area contributed by atoms with Crippen molar-refractivity contribution in [1.29, 1.82) is 0 Å². The van der Waals surface area contributed by atoms with E-state index >= 15 is 0 Å². The maximum Gasteiger partial charge on any atom is 0.243 e. The molecule has 0 saturated carbocycles. The fourth-order valence-electron chi connectivity index (χ4n) is 3.85. The lowest BCUT2D eigenvalue weighted by Crippen LogP contribution is -2.52. The highest BCUT2D eigenvalue weighted by atomic mass is 32.2. The van der Waals surface area contributed by atoms with Crippen LogP contribution in [0.25, 0.3) is 10.8 Å². The standard InChI is InChI=1S/C22H31N5O4S2/c23-22(24)25-10-4-12-32-15-18-7-3-11-27(18)21(29)20(14-28)26-33(30,31)19-9-8-16-5-1-2-6-17(16)13-19/h1-2,5-6,8-9,13,18,20,26,28H,3-4,7,10-12,14-15H2,(H4,23,24,25)/t18-,20-/m0/s1. The van der Waals surface area contributed by atoms with Crippen molar-refractivity contribution in [3.8, 4) is 0 Å². The largest absolute Gasteiger partial charge is 0.394 e. The number of aliphatic imine (C=N–C) groups is 1. The monoisotopic (exact) mass is 493 g/mol. The van der Waals surface area contributed by atoms with E-state index in [0.717, 1.165) is 41.5 Å². The Kier molecular flexibility index (Phi) is 8.95. The first-order valence-corrected chi connectivity index (χ1v) is 13.5. The number of thioether (sulfide) groups is 1. The molecule has 0 aromatic heterocycles. The number of fused-ring (bicyclic) bond motifs is 1. The minimum absolute atomic E-state index is 0.00445. The van der Waals surface area contributed by atoms with Crippen molar-refractivity contribution in [3.05, 3.63) is 42.5 Å². The first-order valence-electron chi connectivity index (χ1n) is 10.9. The van der Waals surface area contributed by atoms with Crippen LogP contribution in [-0.4, -0.2) is 73.6 Å². The predicted molar refractivity (Wildman–Crippen MR) is 132 cm³/mol. The van der Waals surface area contributed by atoms with Gasteiger partial charge in [0.05, 0.1) is 11.5 Å². The lowest BCUT2D eigenvalue weighted by Gasteiger charge is -2.28. The molecule has 2 atom stereocenters. The fourth-order valence-corrected chi connectivity index (χ4v) is 6.18. The van der Waals surface area contributed by atoms with Gasteiger partial charge in [-0.1, -0.05) is 30.3 Å². The van der Waals surface area contributed by atoms with Gasteiger partial charge >= 0.3 is 0 Å². The van der Waals surface area contributed by atoms with Gasteiger partial charge < -0.3 is 21.5 Å². The Labute approximate surface area is 198 Å². The van der Waals surface area contributed by atoms with Crippen LogP contribution in [0, 0.1) is 0 Å². The molecule has 3 rings (SSSR count). The molecular weight excluding hydrogens is 462 g/mol. The molecule has 2 aromatic rings. The lowest BCUT2D eigenvalue weighted by molar-refractivity contribution is -0.134. The average molecular weight is 494 g/mol. The summed E-state index contributed by atoms with van der Waals surface area (Å²) >= 11 is 1.71. The average Bonchev–Trinajstić information content (AvgIpc) is 3.27. The third-order valence-corrected chi connectivity index (χ3v) is 8.19. The number of amides is 1. The van der Waals surface area contributed by atoms with Gasteiger partial charge in [-0.05, 0) is 47.9 Å². The van der Waals surface area contributed by atoms with Crippen LogP contribution in [0.15, 0.2) is 52.4 Å². The molecule has 9 nitrogen and oxygen atoms in total. The number of likely N-dealkylation sites (tertiary alicyclic amines) is 1. The van der Waals surface area contributed by atoms with Crippen LogP contribution in [0.1, 0.15) is 19.3 Å². The highest BCUT2D eigenvalue weighted by Gasteiger charge is 2.35. The third-order valence-electron chi connectivity index (χ3n) is 5.52. The van der Waals surface area contributed by atoms with E-state index < -0.39 is 28.6 Å². The van der Waals surface area contributed by atoms with Gasteiger partial charge in [0.15, 0.2) is 5.96 Å². The molecule has 0 bridgehead atoms. The molecule has 33 heavy (non-hydrogen) atoms. The van der Waals surface area contributed by atoms with Crippen molar-refractivity contribution in [2.45, 2.75) is 36.2 Å². The molecule has 1 saturated heterocycles. The van der Waals surface area contributed by atoms with Gasteiger partial charge in [0.2, 0.25) is 15.9 Å². The molecule has 0 radical (unpaired) electrons. The van der Waals surface area contributed by atoms with Gasteiger partial charge in [0.1, 0.15) is 6.04 Å². The fraction of sp³-hybridized carbons (Fsp3) is 0.455. The second-order valence-corrected chi connectivity index (χ2v) is 10.8. The number of hydrogen-bond acceptors (Lipinski definition) is 6. The summed E-state index contributed by atoms with van der Waals surface area (Å²) < 4.78 is 28.3. The molecule has 180 valence electrons. The van der Waals surface area contributed by atoms with Crippen molar-refractivity contribution in [2.75, 3.05) is 31.2 Å². The Hall–Kier alpha value is -2.34. The maximum absolute atomic E-state index is 13.1. The van der Waals surface area contributed by atoms with E-state index in [4.69, 9.17) is 11.5 Å². The molecular formula is C22H31N5O4S2. The Morgan fingerprint density at radius 2 is 2.00 bits per heavy atom. The molecule has 1 aliphatic heterocycles. The van der Waals surface area contributed by atoms with E-state index in [1.165, 1.54) is 6.07 Å². The van der Waals surface area contributed by atoms with Crippen LogP contribution >= 0.6 is 11.8 Å². The van der Waals surface area contributed by atoms with E-state index in [1.54, 1.807) is 28.8 Å². The minimum Gasteiger partial charge on any atom is -0.394 e. The predicted octanol–water partition coefficient (Wildman–Crippen LogP) is 0.867. The maximum atomic E-state index is 13.1. The van der Waals surface area contributed by atoms with E-state index in [-0.39, 0.29) is 16.9 Å². The number of benzene rings is 2. The number of nitrogens with one attached hydrogen (secondary N) is 1. The van der Waals surface area contributed by atoms with Gasteiger partial charge in [-0.25, -0.2) is 8.42 Å². The highest BCUT2D eigenvalue weighted by Crippen LogP contribution is 2.23. The van der Waals surface area contributed by atoms with E-state index in [2.05, 4.69) is 9.71 Å². The van der Waals surface area contributed by atoms with Crippen molar-refractivity contribution in [2.24, 2.45) is 16.5 Å². The first kappa shape index (κ1) is 25.3. The van der Waals surface area contributed by atoms with E-state index in [1.807, 2.05) is 24.3 Å². The van der Waals surface area contributed by atoms with E-state index in [9.17, 15) is 18.3 Å². The Morgan fingerprint density at radius 1 is 1.24 bits per heavy atom. The molecule has 1 fully saturated rings. The highest BCUT2D eigenvalue weighted by molar-refractivity contribution is 7.99. The molecule has 0 aliphatic carbocycles. The molecule has 2 aromatic carbocycles. The Bertz CT molecular complexity index is 1090. The summed E-state index contributed by atoms with van der Waals surface area (Å²) in [6.45, 7) is 0.499. The second-order valence-electron chi connectivity index (χ2n) is 7.93. The number of rotatable bonds is 11. The van der Waals surface area contributed by atoms with Crippen molar-refractivity contribution < 1.29 is 18.3 Å². The van der Waals surface area contributed by atoms with Gasteiger partial charge in [-0.3, -0.25) is 9.79 Å². The van der Waals surface area contributed by atoms with Crippen LogP contribution in [0.2, 0.25) is 0 Å². The lowest BCUT2D eigenvalue weighted by atomic mass is 10.1. The summed E-state index contributed by atoms with van der Waals surface area (Å²) in [6, 6.07) is 11.0. The molecule has 6 N–H and O–H groups in total. The Morgan fingerprint density at radius 3 is 2.73 bits per heavy atom. The van der Waals surface area contributed by atoms with Crippen LogP contribution in [0.5, 0.6) is 0 Å². The zero-order valence-electron chi connectivity index (χ0n) is 18.4. The third kappa shape index (κ3) is 6.83. The quantitative estimate of drug-likeness (QED) is 0.206. The Balaban J connectivity index is 1.61. The minimum atomic E-state index is -3.98.